The fourth-order valence-electron chi connectivity index (χ4n) is 4.92. The van der Waals surface area contributed by atoms with Gasteiger partial charge in [0.1, 0.15) is 0 Å². The highest BCUT2D eigenvalue weighted by atomic mass is 16.4. The number of aliphatic hydroxyl groups excluding tert-OH is 1. The van der Waals surface area contributed by atoms with Crippen molar-refractivity contribution in [2.75, 3.05) is 24.5 Å². The molecule has 0 bridgehead atoms. The Bertz CT molecular complexity index is 1220. The molecule has 170 valence electrons. The number of nitrogens with zero attached hydrogens (tertiary/aromatic N) is 5. The lowest BCUT2D eigenvalue weighted by Crippen LogP contribution is -2.58. The van der Waals surface area contributed by atoms with Crippen molar-refractivity contribution < 1.29 is 15.0 Å². The second kappa shape index (κ2) is 8.32. The molecule has 1 amide bonds. The van der Waals surface area contributed by atoms with Gasteiger partial charge in [0.15, 0.2) is 0 Å². The van der Waals surface area contributed by atoms with Crippen LogP contribution in [0.15, 0.2) is 65.7 Å². The summed E-state index contributed by atoms with van der Waals surface area (Å²) in [5, 5.41) is 20.7. The fourth-order valence-corrected chi connectivity index (χ4v) is 4.92. The van der Waals surface area contributed by atoms with Crippen molar-refractivity contribution in [1.29, 1.82) is 0 Å². The monoisotopic (exact) mass is 447 g/mol. The molecular weight excluding hydrogens is 422 g/mol. The summed E-state index contributed by atoms with van der Waals surface area (Å²) in [6, 6.07) is 14.4. The highest BCUT2D eigenvalue weighted by molar-refractivity contribution is 5.66. The summed E-state index contributed by atoms with van der Waals surface area (Å²) in [6.07, 6.45) is 2.71. The molecule has 3 aromatic rings. The standard InChI is InChI=1S/C24H25N5O4/c30-20(18-4-2-1-3-5-18)15-29-22-26-19(17-6-10-25-11-7-17)14-21(31)28(22)13-9-24(29)8-12-27(16-24)23(32)33/h1-7,10-11,14,20,30H,8-9,12-13,15-16H2,(H,32,33)/t20-,24?/m0/s1. The summed E-state index contributed by atoms with van der Waals surface area (Å²) in [5.41, 5.74) is 1.34. The van der Waals surface area contributed by atoms with E-state index in [0.717, 1.165) is 11.1 Å². The first kappa shape index (κ1) is 21.1. The number of rotatable bonds is 4. The number of anilines is 1. The number of aliphatic hydroxyl groups is 1. The molecular formula is C24H25N5O4. The molecule has 9 heteroatoms. The van der Waals surface area contributed by atoms with Gasteiger partial charge in [-0.1, -0.05) is 30.3 Å². The Morgan fingerprint density at radius 3 is 2.52 bits per heavy atom. The van der Waals surface area contributed by atoms with E-state index in [2.05, 4.69) is 4.98 Å². The van der Waals surface area contributed by atoms with Crippen LogP contribution in [0, 0.1) is 0 Å². The SMILES string of the molecule is O=C(O)N1CCC2(CCn3c(nc(-c4ccncc4)cc3=O)N2C[C@H](O)c2ccccc2)C1. The summed E-state index contributed by atoms with van der Waals surface area (Å²) in [4.78, 5) is 37.0. The van der Waals surface area contributed by atoms with Crippen molar-refractivity contribution >= 4 is 12.0 Å². The van der Waals surface area contributed by atoms with E-state index < -0.39 is 17.7 Å². The minimum atomic E-state index is -0.961. The van der Waals surface area contributed by atoms with E-state index in [9.17, 15) is 19.8 Å². The average Bonchev–Trinajstić information content (AvgIpc) is 3.27. The van der Waals surface area contributed by atoms with Crippen molar-refractivity contribution in [3.8, 4) is 11.3 Å². The highest BCUT2D eigenvalue weighted by Gasteiger charge is 2.48. The zero-order chi connectivity index (χ0) is 23.0. The van der Waals surface area contributed by atoms with E-state index in [4.69, 9.17) is 4.98 Å². The van der Waals surface area contributed by atoms with Crippen LogP contribution in [0.3, 0.4) is 0 Å². The van der Waals surface area contributed by atoms with Crippen molar-refractivity contribution in [3.05, 3.63) is 76.8 Å². The second-order valence-corrected chi connectivity index (χ2v) is 8.63. The minimum Gasteiger partial charge on any atom is -0.465 e. The quantitative estimate of drug-likeness (QED) is 0.632. The summed E-state index contributed by atoms with van der Waals surface area (Å²) in [7, 11) is 0. The first-order valence-corrected chi connectivity index (χ1v) is 11.0. The predicted molar refractivity (Wildman–Crippen MR) is 122 cm³/mol. The van der Waals surface area contributed by atoms with Crippen molar-refractivity contribution in [2.24, 2.45) is 0 Å². The molecule has 1 spiro atoms. The third-order valence-electron chi connectivity index (χ3n) is 6.72. The first-order chi connectivity index (χ1) is 16.0. The fraction of sp³-hybridized carbons (Fsp3) is 0.333. The lowest BCUT2D eigenvalue weighted by molar-refractivity contribution is 0.146. The zero-order valence-corrected chi connectivity index (χ0v) is 18.0. The van der Waals surface area contributed by atoms with Crippen LogP contribution >= 0.6 is 0 Å². The maximum atomic E-state index is 13.0. The minimum absolute atomic E-state index is 0.172. The zero-order valence-electron chi connectivity index (χ0n) is 18.0. The number of hydrogen-bond donors (Lipinski definition) is 2. The largest absolute Gasteiger partial charge is 0.465 e. The topological polar surface area (TPSA) is 112 Å². The summed E-state index contributed by atoms with van der Waals surface area (Å²) >= 11 is 0. The Balaban J connectivity index is 1.60. The van der Waals surface area contributed by atoms with Gasteiger partial charge in [-0.15, -0.1) is 0 Å². The molecule has 1 unspecified atom stereocenters. The van der Waals surface area contributed by atoms with Gasteiger partial charge in [0, 0.05) is 43.7 Å². The van der Waals surface area contributed by atoms with Gasteiger partial charge < -0.3 is 20.0 Å². The van der Waals surface area contributed by atoms with Gasteiger partial charge in [-0.2, -0.15) is 0 Å². The Hall–Kier alpha value is -3.72. The van der Waals surface area contributed by atoms with E-state index >= 15 is 0 Å². The number of likely N-dealkylation sites (tertiary alicyclic amines) is 1. The molecule has 0 aliphatic carbocycles. The average molecular weight is 447 g/mol. The number of fused-ring (bicyclic) bond motifs is 1. The third-order valence-corrected chi connectivity index (χ3v) is 6.72. The molecule has 4 heterocycles. The molecule has 1 fully saturated rings. The number of pyridine rings is 1. The summed E-state index contributed by atoms with van der Waals surface area (Å²) in [6.45, 7) is 1.35. The molecule has 9 nitrogen and oxygen atoms in total. The van der Waals surface area contributed by atoms with Gasteiger partial charge in [-0.05, 0) is 30.5 Å². The maximum Gasteiger partial charge on any atom is 0.407 e. The third kappa shape index (κ3) is 3.84. The van der Waals surface area contributed by atoms with Gasteiger partial charge >= 0.3 is 6.09 Å². The van der Waals surface area contributed by atoms with E-state index in [1.165, 1.54) is 11.0 Å². The van der Waals surface area contributed by atoms with Gasteiger partial charge in [-0.3, -0.25) is 14.3 Å². The van der Waals surface area contributed by atoms with Gasteiger partial charge in [0.05, 0.1) is 23.9 Å². The van der Waals surface area contributed by atoms with E-state index in [0.29, 0.717) is 44.1 Å². The van der Waals surface area contributed by atoms with Crippen molar-refractivity contribution in [1.82, 2.24) is 19.4 Å². The molecule has 1 aromatic carbocycles. The van der Waals surface area contributed by atoms with Crippen LogP contribution in [0.5, 0.6) is 0 Å². The van der Waals surface area contributed by atoms with E-state index in [1.807, 2.05) is 35.2 Å². The van der Waals surface area contributed by atoms with E-state index in [-0.39, 0.29) is 12.1 Å². The molecule has 2 atom stereocenters. The Kier molecular flexibility index (Phi) is 5.33. The number of hydrogen-bond acceptors (Lipinski definition) is 6. The Morgan fingerprint density at radius 1 is 1.09 bits per heavy atom. The van der Waals surface area contributed by atoms with Crippen LogP contribution in [-0.2, 0) is 6.54 Å². The Labute approximate surface area is 190 Å². The number of aromatic nitrogens is 3. The predicted octanol–water partition coefficient (Wildman–Crippen LogP) is 2.37. The maximum absolute atomic E-state index is 13.0. The molecule has 2 aliphatic rings. The Morgan fingerprint density at radius 2 is 1.82 bits per heavy atom. The summed E-state index contributed by atoms with van der Waals surface area (Å²) < 4.78 is 1.62. The molecule has 2 aromatic heterocycles. The molecule has 0 saturated carbocycles. The lowest BCUT2D eigenvalue weighted by atomic mass is 9.89. The van der Waals surface area contributed by atoms with Gasteiger partial charge in [0.25, 0.3) is 5.56 Å². The van der Waals surface area contributed by atoms with Crippen molar-refractivity contribution in [3.63, 3.8) is 0 Å². The smallest absolute Gasteiger partial charge is 0.407 e. The number of β-amino-alcohol motifs (C(OH)–C–C–N with tert-alkyl or cyclic N) is 1. The number of carboxylic acid groups (broad SMARTS) is 1. The van der Waals surface area contributed by atoms with Gasteiger partial charge in [0.2, 0.25) is 5.95 Å². The number of amides is 1. The highest BCUT2D eigenvalue weighted by Crippen LogP contribution is 2.39. The van der Waals surface area contributed by atoms with Crippen LogP contribution in [0.25, 0.3) is 11.3 Å². The van der Waals surface area contributed by atoms with Crippen molar-refractivity contribution in [2.45, 2.75) is 31.0 Å². The molecule has 2 aliphatic heterocycles. The molecule has 0 radical (unpaired) electrons. The molecule has 5 rings (SSSR count). The molecule has 2 N–H and O–H groups in total. The van der Waals surface area contributed by atoms with Crippen LogP contribution in [0.4, 0.5) is 10.7 Å². The van der Waals surface area contributed by atoms with Crippen LogP contribution in [0.2, 0.25) is 0 Å². The van der Waals surface area contributed by atoms with Gasteiger partial charge in [-0.25, -0.2) is 9.78 Å². The number of benzene rings is 1. The first-order valence-electron chi connectivity index (χ1n) is 11.0. The lowest BCUT2D eigenvalue weighted by Gasteiger charge is -2.47. The van der Waals surface area contributed by atoms with Crippen LogP contribution in [-0.4, -0.2) is 60.9 Å². The number of carbonyl (C=O) groups is 1. The van der Waals surface area contributed by atoms with E-state index in [1.54, 1.807) is 29.1 Å². The summed E-state index contributed by atoms with van der Waals surface area (Å²) in [5.74, 6) is 0.461. The van der Waals surface area contributed by atoms with Crippen LogP contribution < -0.4 is 10.5 Å². The normalized spacial score (nSPS) is 20.6. The van der Waals surface area contributed by atoms with Crippen LogP contribution in [0.1, 0.15) is 24.5 Å². The second-order valence-electron chi connectivity index (χ2n) is 8.63. The molecule has 33 heavy (non-hydrogen) atoms. The molecule has 1 saturated heterocycles.